The molecule has 12 rings (SSSR count). The highest BCUT2D eigenvalue weighted by atomic mass is 15.0. The summed E-state index contributed by atoms with van der Waals surface area (Å²) in [6, 6.07) is 75.7. The molecule has 260 valence electrons. The van der Waals surface area contributed by atoms with Crippen LogP contribution in [0.1, 0.15) is 0 Å². The van der Waals surface area contributed by atoms with Crippen LogP contribution < -0.4 is 0 Å². The van der Waals surface area contributed by atoms with Crippen LogP contribution in [0.2, 0.25) is 0 Å². The summed E-state index contributed by atoms with van der Waals surface area (Å²) in [5, 5.41) is 12.7. The normalized spacial score (nSPS) is 11.9. The van der Waals surface area contributed by atoms with Gasteiger partial charge in [0.1, 0.15) is 0 Å². The van der Waals surface area contributed by atoms with Crippen LogP contribution in [0, 0.1) is 0 Å². The number of rotatable bonds is 4. The van der Waals surface area contributed by atoms with Gasteiger partial charge in [-0.05, 0) is 109 Å². The molecule has 2 nitrogen and oxygen atoms in total. The first-order valence-corrected chi connectivity index (χ1v) is 19.3. The maximum absolute atomic E-state index is 2.47. The van der Waals surface area contributed by atoms with Crippen molar-refractivity contribution in [1.29, 1.82) is 0 Å². The largest absolute Gasteiger partial charge is 0.309 e. The Labute approximate surface area is 323 Å². The molecule has 0 aliphatic rings. The first kappa shape index (κ1) is 31.0. The van der Waals surface area contributed by atoms with Gasteiger partial charge in [-0.15, -0.1) is 0 Å². The fourth-order valence-electron chi connectivity index (χ4n) is 9.31. The molecule has 0 aliphatic heterocycles. The number of aromatic nitrogens is 2. The predicted molar refractivity (Wildman–Crippen MR) is 239 cm³/mol. The molecule has 0 spiro atoms. The third-order valence-electron chi connectivity index (χ3n) is 11.9. The first-order valence-electron chi connectivity index (χ1n) is 19.3. The molecule has 10 aromatic carbocycles. The van der Waals surface area contributed by atoms with E-state index in [2.05, 4.69) is 215 Å². The average Bonchev–Trinajstić information content (AvgIpc) is 3.78. The van der Waals surface area contributed by atoms with Gasteiger partial charge in [0, 0.05) is 32.9 Å². The summed E-state index contributed by atoms with van der Waals surface area (Å²) in [7, 11) is 0. The van der Waals surface area contributed by atoms with Gasteiger partial charge in [0.2, 0.25) is 0 Å². The monoisotopic (exact) mass is 710 g/mol. The SMILES string of the molecule is c1ccc(-c2cc3c(c4ccccc24)c2c4ccccc4ccc2n3-c2ccc(-c3ccc4c5cc6ccccc6cc5n(-c5ccccc5)c4c3)cc2)cc1. The van der Waals surface area contributed by atoms with Gasteiger partial charge in [-0.1, -0.05) is 152 Å². The van der Waals surface area contributed by atoms with Gasteiger partial charge >= 0.3 is 0 Å². The van der Waals surface area contributed by atoms with Gasteiger partial charge in [-0.2, -0.15) is 0 Å². The van der Waals surface area contributed by atoms with E-state index in [-0.39, 0.29) is 0 Å². The molecular weight excluding hydrogens is 677 g/mol. The molecule has 12 aromatic rings. The number of hydrogen-bond donors (Lipinski definition) is 0. The Hall–Kier alpha value is -7.42. The van der Waals surface area contributed by atoms with E-state index in [0.717, 1.165) is 11.4 Å². The van der Waals surface area contributed by atoms with Crippen LogP contribution >= 0.6 is 0 Å². The molecule has 0 fully saturated rings. The summed E-state index contributed by atoms with van der Waals surface area (Å²) in [5.74, 6) is 0. The lowest BCUT2D eigenvalue weighted by Gasteiger charge is -2.13. The number of hydrogen-bond acceptors (Lipinski definition) is 0. The minimum absolute atomic E-state index is 1.14. The summed E-state index contributed by atoms with van der Waals surface area (Å²) in [6.45, 7) is 0. The van der Waals surface area contributed by atoms with Crippen molar-refractivity contribution < 1.29 is 0 Å². The predicted octanol–water partition coefficient (Wildman–Crippen LogP) is 14.7. The molecule has 2 heteroatoms. The zero-order valence-electron chi connectivity index (χ0n) is 30.5. The lowest BCUT2D eigenvalue weighted by atomic mass is 9.94. The highest BCUT2D eigenvalue weighted by Crippen LogP contribution is 2.44. The topological polar surface area (TPSA) is 9.86 Å². The molecule has 0 aliphatic carbocycles. The van der Waals surface area contributed by atoms with Crippen molar-refractivity contribution in [3.05, 3.63) is 206 Å². The molecule has 0 atom stereocenters. The van der Waals surface area contributed by atoms with Crippen LogP contribution in [0.25, 0.3) is 110 Å². The van der Waals surface area contributed by atoms with E-state index in [0.29, 0.717) is 0 Å². The quantitative estimate of drug-likeness (QED) is 0.172. The maximum atomic E-state index is 2.47. The summed E-state index contributed by atoms with van der Waals surface area (Å²) in [4.78, 5) is 0. The van der Waals surface area contributed by atoms with E-state index < -0.39 is 0 Å². The third-order valence-corrected chi connectivity index (χ3v) is 11.9. The van der Waals surface area contributed by atoms with Gasteiger partial charge in [0.25, 0.3) is 0 Å². The van der Waals surface area contributed by atoms with Crippen LogP contribution in [0.4, 0.5) is 0 Å². The fourth-order valence-corrected chi connectivity index (χ4v) is 9.31. The Balaban J connectivity index is 1.08. The number of benzene rings is 10. The molecule has 2 heterocycles. The second kappa shape index (κ2) is 12.0. The van der Waals surface area contributed by atoms with Crippen molar-refractivity contribution in [1.82, 2.24) is 9.13 Å². The van der Waals surface area contributed by atoms with Crippen LogP contribution in [0.5, 0.6) is 0 Å². The second-order valence-corrected chi connectivity index (χ2v) is 14.9. The lowest BCUT2D eigenvalue weighted by Crippen LogP contribution is -1.95. The number of para-hydroxylation sites is 1. The molecule has 0 N–H and O–H groups in total. The molecule has 0 amide bonds. The Morgan fingerprint density at radius 3 is 1.61 bits per heavy atom. The summed E-state index contributed by atoms with van der Waals surface area (Å²) in [6.07, 6.45) is 0. The number of fused-ring (bicyclic) bond motifs is 11. The van der Waals surface area contributed by atoms with E-state index in [1.165, 1.54) is 98.2 Å². The second-order valence-electron chi connectivity index (χ2n) is 14.9. The van der Waals surface area contributed by atoms with Crippen molar-refractivity contribution in [3.63, 3.8) is 0 Å². The van der Waals surface area contributed by atoms with E-state index in [1.807, 2.05) is 0 Å². The summed E-state index contributed by atoms with van der Waals surface area (Å²) < 4.78 is 4.90. The van der Waals surface area contributed by atoms with Crippen molar-refractivity contribution in [2.75, 3.05) is 0 Å². The van der Waals surface area contributed by atoms with Crippen LogP contribution in [-0.2, 0) is 0 Å². The van der Waals surface area contributed by atoms with Crippen molar-refractivity contribution in [2.24, 2.45) is 0 Å². The lowest BCUT2D eigenvalue weighted by molar-refractivity contribution is 1.18. The van der Waals surface area contributed by atoms with Crippen LogP contribution in [0.15, 0.2) is 206 Å². The molecule has 56 heavy (non-hydrogen) atoms. The Morgan fingerprint density at radius 2 is 0.821 bits per heavy atom. The minimum Gasteiger partial charge on any atom is -0.309 e. The van der Waals surface area contributed by atoms with Gasteiger partial charge in [-0.25, -0.2) is 0 Å². The Bertz CT molecular complexity index is 3500. The molecule has 0 saturated carbocycles. The average molecular weight is 711 g/mol. The highest BCUT2D eigenvalue weighted by molar-refractivity contribution is 6.30. The summed E-state index contributed by atoms with van der Waals surface area (Å²) >= 11 is 0. The van der Waals surface area contributed by atoms with Crippen molar-refractivity contribution in [3.8, 4) is 33.6 Å². The molecule has 2 aromatic heterocycles. The van der Waals surface area contributed by atoms with E-state index in [9.17, 15) is 0 Å². The molecule has 0 saturated heterocycles. The molecule has 0 unspecified atom stereocenters. The van der Waals surface area contributed by atoms with Gasteiger partial charge in [0.15, 0.2) is 0 Å². The first-order chi connectivity index (χ1) is 27.8. The van der Waals surface area contributed by atoms with Gasteiger partial charge in [0.05, 0.1) is 22.1 Å². The third kappa shape index (κ3) is 4.57. The van der Waals surface area contributed by atoms with Gasteiger partial charge < -0.3 is 9.13 Å². The smallest absolute Gasteiger partial charge is 0.0553 e. The summed E-state index contributed by atoms with van der Waals surface area (Å²) in [5.41, 5.74) is 12.0. The van der Waals surface area contributed by atoms with Crippen LogP contribution in [0.3, 0.4) is 0 Å². The Kier molecular flexibility index (Phi) is 6.66. The molecule has 0 bridgehead atoms. The zero-order chi connectivity index (χ0) is 36.7. The minimum atomic E-state index is 1.14. The molecule has 0 radical (unpaired) electrons. The van der Waals surface area contributed by atoms with E-state index >= 15 is 0 Å². The Morgan fingerprint density at radius 1 is 0.250 bits per heavy atom. The maximum Gasteiger partial charge on any atom is 0.0553 e. The fraction of sp³-hybridized carbons (Fsp3) is 0. The van der Waals surface area contributed by atoms with Crippen molar-refractivity contribution >= 4 is 75.9 Å². The zero-order valence-corrected chi connectivity index (χ0v) is 30.5. The standard InChI is InChI=1S/C54H34N2/c1-3-13-36(14-4-1)47-34-52-54(46-22-12-11-21-44(46)47)53-43-20-10-9-15-37(43)26-30-49(53)55(52)42-27-23-35(24-28-42)40-25-29-45-48-31-38-16-7-8-17-39(38)32-51(48)56(50(45)33-40)41-18-5-2-6-19-41/h1-34H. The molecular formula is C54H34N2. The van der Waals surface area contributed by atoms with Crippen LogP contribution in [-0.4, -0.2) is 9.13 Å². The van der Waals surface area contributed by atoms with Gasteiger partial charge in [-0.3, -0.25) is 0 Å². The number of nitrogens with zero attached hydrogens (tertiary/aromatic N) is 2. The van der Waals surface area contributed by atoms with E-state index in [4.69, 9.17) is 0 Å². The highest BCUT2D eigenvalue weighted by Gasteiger charge is 2.20. The van der Waals surface area contributed by atoms with E-state index in [1.54, 1.807) is 0 Å². The van der Waals surface area contributed by atoms with Crippen molar-refractivity contribution in [2.45, 2.75) is 0 Å².